The number of carbonyl (C=O) groups is 2. The zero-order chi connectivity index (χ0) is 16.5. The highest BCUT2D eigenvalue weighted by Crippen LogP contribution is 2.27. The first-order valence-corrected chi connectivity index (χ1v) is 6.98. The Morgan fingerprint density at radius 3 is 2.77 bits per heavy atom. The minimum Gasteiger partial charge on any atom is -0.482 e. The average Bonchev–Trinajstić information content (AvgIpc) is 2.47. The van der Waals surface area contributed by atoms with Crippen molar-refractivity contribution in [1.82, 2.24) is 5.32 Å². The van der Waals surface area contributed by atoms with Crippen molar-refractivity contribution in [3.05, 3.63) is 40.9 Å². The number of rotatable bonds is 9. The lowest BCUT2D eigenvalue weighted by atomic mass is 10.3. The number of nitrogens with one attached hydrogen (secondary N) is 1. The predicted octanol–water partition coefficient (Wildman–Crippen LogP) is 2.14. The van der Waals surface area contributed by atoms with Crippen LogP contribution in [0.25, 0.3) is 0 Å². The number of halogens is 2. The maximum atomic E-state index is 11.7. The zero-order valence-corrected chi connectivity index (χ0v) is 13.1. The van der Waals surface area contributed by atoms with Crippen molar-refractivity contribution in [2.45, 2.75) is 6.04 Å². The van der Waals surface area contributed by atoms with Gasteiger partial charge in [0, 0.05) is 11.1 Å². The third kappa shape index (κ3) is 6.34. The molecule has 0 heterocycles. The highest BCUT2D eigenvalue weighted by molar-refractivity contribution is 6.34. The number of carboxylic acids is 1. The fourth-order valence-corrected chi connectivity index (χ4v) is 1.75. The molecule has 1 rings (SSSR count). The maximum Gasteiger partial charge on any atom is 0.328 e. The first-order valence-electron chi connectivity index (χ1n) is 6.22. The van der Waals surface area contributed by atoms with E-state index in [2.05, 4.69) is 11.9 Å². The minimum absolute atomic E-state index is 0.176. The normalized spacial score (nSPS) is 11.5. The van der Waals surface area contributed by atoms with E-state index >= 15 is 0 Å². The molecular weight excluding hydrogens is 333 g/mol. The first kappa shape index (κ1) is 18.3. The molecule has 0 aromatic heterocycles. The number of amides is 1. The second-order valence-electron chi connectivity index (χ2n) is 4.15. The highest BCUT2D eigenvalue weighted by Gasteiger charge is 2.20. The zero-order valence-electron chi connectivity index (χ0n) is 11.6. The van der Waals surface area contributed by atoms with Crippen LogP contribution in [-0.2, 0) is 14.3 Å². The standard InChI is InChI=1S/C14H15Cl2NO5/c1-2-5-21-7-11(14(19)20)17-13(18)8-22-12-6-9(15)3-4-10(12)16/h2-4,6,11H,1,5,7-8H2,(H,17,18)(H,19,20). The molecule has 0 saturated heterocycles. The van der Waals surface area contributed by atoms with Crippen molar-refractivity contribution >= 4 is 35.1 Å². The van der Waals surface area contributed by atoms with Crippen LogP contribution in [0.5, 0.6) is 5.75 Å². The van der Waals surface area contributed by atoms with Gasteiger partial charge in [-0.2, -0.15) is 0 Å². The topological polar surface area (TPSA) is 84.9 Å². The summed E-state index contributed by atoms with van der Waals surface area (Å²) in [6, 6.07) is 3.39. The summed E-state index contributed by atoms with van der Waals surface area (Å²) in [5, 5.41) is 12.0. The van der Waals surface area contributed by atoms with Crippen LogP contribution in [0.15, 0.2) is 30.9 Å². The van der Waals surface area contributed by atoms with E-state index in [1.807, 2.05) is 0 Å². The van der Waals surface area contributed by atoms with Gasteiger partial charge in [0.15, 0.2) is 12.6 Å². The largest absolute Gasteiger partial charge is 0.482 e. The molecule has 1 atom stereocenters. The number of benzene rings is 1. The van der Waals surface area contributed by atoms with Crippen LogP contribution in [0, 0.1) is 0 Å². The van der Waals surface area contributed by atoms with Gasteiger partial charge in [0.2, 0.25) is 0 Å². The Bertz CT molecular complexity index is 550. The van der Waals surface area contributed by atoms with Gasteiger partial charge >= 0.3 is 5.97 Å². The van der Waals surface area contributed by atoms with Crippen molar-refractivity contribution in [2.75, 3.05) is 19.8 Å². The van der Waals surface area contributed by atoms with Crippen molar-refractivity contribution < 1.29 is 24.2 Å². The van der Waals surface area contributed by atoms with Crippen LogP contribution in [0.3, 0.4) is 0 Å². The summed E-state index contributed by atoms with van der Waals surface area (Å²) in [4.78, 5) is 22.7. The minimum atomic E-state index is -1.21. The molecule has 22 heavy (non-hydrogen) atoms. The third-order valence-corrected chi connectivity index (χ3v) is 2.95. The fourth-order valence-electron chi connectivity index (χ4n) is 1.41. The third-order valence-electron chi connectivity index (χ3n) is 2.41. The van der Waals surface area contributed by atoms with Crippen LogP contribution in [0.2, 0.25) is 10.0 Å². The lowest BCUT2D eigenvalue weighted by Gasteiger charge is -2.15. The highest BCUT2D eigenvalue weighted by atomic mass is 35.5. The van der Waals surface area contributed by atoms with Crippen LogP contribution in [0.4, 0.5) is 0 Å². The predicted molar refractivity (Wildman–Crippen MR) is 82.5 cm³/mol. The summed E-state index contributed by atoms with van der Waals surface area (Å²) in [5.74, 6) is -1.59. The first-order chi connectivity index (χ1) is 10.4. The number of carbonyl (C=O) groups excluding carboxylic acids is 1. The van der Waals surface area contributed by atoms with Crippen LogP contribution >= 0.6 is 23.2 Å². The Labute approximate surface area is 137 Å². The molecule has 0 bridgehead atoms. The van der Waals surface area contributed by atoms with Crippen LogP contribution in [-0.4, -0.2) is 42.8 Å². The van der Waals surface area contributed by atoms with Crippen molar-refractivity contribution in [3.8, 4) is 5.75 Å². The number of aliphatic carboxylic acids is 1. The molecule has 0 fully saturated rings. The SMILES string of the molecule is C=CCOCC(NC(=O)COc1cc(Cl)ccc1Cl)C(=O)O. The summed E-state index contributed by atoms with van der Waals surface area (Å²) in [5.41, 5.74) is 0. The molecule has 0 radical (unpaired) electrons. The van der Waals surface area contributed by atoms with Gasteiger partial charge in [-0.05, 0) is 12.1 Å². The summed E-state index contributed by atoms with van der Waals surface area (Å²) >= 11 is 11.7. The lowest BCUT2D eigenvalue weighted by Crippen LogP contribution is -2.45. The fraction of sp³-hybridized carbons (Fsp3) is 0.286. The molecular formula is C14H15Cl2NO5. The van der Waals surface area contributed by atoms with Gasteiger partial charge in [-0.1, -0.05) is 29.3 Å². The molecule has 1 unspecified atom stereocenters. The summed E-state index contributed by atoms with van der Waals surface area (Å²) in [7, 11) is 0. The Hall–Kier alpha value is -1.76. The second kappa shape index (κ2) is 9.30. The Balaban J connectivity index is 2.51. The summed E-state index contributed by atoms with van der Waals surface area (Å²) < 4.78 is 10.2. The van der Waals surface area contributed by atoms with Gasteiger partial charge < -0.3 is 19.9 Å². The molecule has 0 spiro atoms. The molecule has 120 valence electrons. The van der Waals surface area contributed by atoms with E-state index in [0.717, 1.165) is 0 Å². The monoisotopic (exact) mass is 347 g/mol. The number of hydrogen-bond donors (Lipinski definition) is 2. The molecule has 1 amide bonds. The smallest absolute Gasteiger partial charge is 0.328 e. The average molecular weight is 348 g/mol. The van der Waals surface area contributed by atoms with E-state index in [9.17, 15) is 9.59 Å². The molecule has 1 aromatic rings. The molecule has 6 nitrogen and oxygen atoms in total. The number of carboxylic acid groups (broad SMARTS) is 1. The van der Waals surface area contributed by atoms with E-state index in [0.29, 0.717) is 10.0 Å². The molecule has 0 aliphatic rings. The molecule has 2 N–H and O–H groups in total. The van der Waals surface area contributed by atoms with Gasteiger partial charge in [-0.3, -0.25) is 4.79 Å². The summed E-state index contributed by atoms with van der Waals surface area (Å²) in [6.07, 6.45) is 1.48. The van der Waals surface area contributed by atoms with Crippen LogP contribution < -0.4 is 10.1 Å². The number of ether oxygens (including phenoxy) is 2. The van der Waals surface area contributed by atoms with E-state index in [4.69, 9.17) is 37.8 Å². The Morgan fingerprint density at radius 1 is 1.41 bits per heavy atom. The van der Waals surface area contributed by atoms with Gasteiger partial charge in [0.1, 0.15) is 5.75 Å². The van der Waals surface area contributed by atoms with E-state index in [-0.39, 0.29) is 19.0 Å². The molecule has 1 aromatic carbocycles. The maximum absolute atomic E-state index is 11.7. The van der Waals surface area contributed by atoms with Gasteiger partial charge in [-0.15, -0.1) is 6.58 Å². The Morgan fingerprint density at radius 2 is 2.14 bits per heavy atom. The summed E-state index contributed by atoms with van der Waals surface area (Å²) in [6.45, 7) is 3.05. The van der Waals surface area contributed by atoms with Gasteiger partial charge in [0.25, 0.3) is 5.91 Å². The molecule has 8 heteroatoms. The lowest BCUT2D eigenvalue weighted by molar-refractivity contribution is -0.143. The molecule has 0 aliphatic heterocycles. The quantitative estimate of drug-likeness (QED) is 0.528. The van der Waals surface area contributed by atoms with E-state index in [1.54, 1.807) is 6.07 Å². The van der Waals surface area contributed by atoms with Crippen molar-refractivity contribution in [2.24, 2.45) is 0 Å². The van der Waals surface area contributed by atoms with Crippen molar-refractivity contribution in [3.63, 3.8) is 0 Å². The number of hydrogen-bond acceptors (Lipinski definition) is 4. The van der Waals surface area contributed by atoms with Gasteiger partial charge in [0.05, 0.1) is 18.2 Å². The molecule has 0 saturated carbocycles. The van der Waals surface area contributed by atoms with E-state index in [1.165, 1.54) is 18.2 Å². The second-order valence-corrected chi connectivity index (χ2v) is 4.99. The molecule has 0 aliphatic carbocycles. The van der Waals surface area contributed by atoms with Crippen LogP contribution in [0.1, 0.15) is 0 Å². The van der Waals surface area contributed by atoms with Crippen molar-refractivity contribution in [1.29, 1.82) is 0 Å². The Kier molecular flexibility index (Phi) is 7.73. The van der Waals surface area contributed by atoms with E-state index < -0.39 is 24.5 Å². The van der Waals surface area contributed by atoms with Gasteiger partial charge in [-0.25, -0.2) is 4.79 Å².